The lowest BCUT2D eigenvalue weighted by molar-refractivity contribution is -0.991. The fourth-order valence-electron chi connectivity index (χ4n) is 14.1. The SMILES string of the molecule is CC(C)S(=O)(=O)N1CCC(c2nc(-c3cc4ccccc4[nH]3)c3c(N)nccn23)CC1.CCCCS(=O)(=O)N1CCC(c2nc(-c3cc4ccccc4[nH]3)c3c(N)nccn23)CC1.Nc1nccn2c(C3CCN(C(=O)c4ccc([NH+]([O-])O)cc4)CC3)nc(-c3cc4ccccc4[nH]3)c12. The number of hydrogen-bond acceptors (Lipinski definition) is 16. The predicted molar refractivity (Wildman–Crippen MR) is 384 cm³/mol. The average Bonchev–Trinajstić information content (AvgIpc) is 1.62. The number of piperidine rings is 3. The maximum absolute atomic E-state index is 13.0. The Morgan fingerprint density at radius 2 is 0.919 bits per heavy atom. The van der Waals surface area contributed by atoms with Crippen LogP contribution >= 0.6 is 0 Å². The molecule has 99 heavy (non-hydrogen) atoms. The third-order valence-corrected chi connectivity index (χ3v) is 23.7. The van der Waals surface area contributed by atoms with Crippen molar-refractivity contribution in [3.05, 3.63) is 181 Å². The van der Waals surface area contributed by atoms with Gasteiger partial charge in [-0.1, -0.05) is 67.9 Å². The normalized spacial score (nSPS) is 16.1. The number of hydrogen-bond donors (Lipinski definition) is 8. The van der Waals surface area contributed by atoms with Gasteiger partial charge in [0.2, 0.25) is 20.0 Å². The van der Waals surface area contributed by atoms with Gasteiger partial charge in [-0.05, 0) is 107 Å². The zero-order valence-electron chi connectivity index (χ0n) is 55.2. The van der Waals surface area contributed by atoms with E-state index in [1.165, 1.54) is 12.1 Å². The Kier molecular flexibility index (Phi) is 18.3. The summed E-state index contributed by atoms with van der Waals surface area (Å²) in [6, 6.07) is 36.6. The van der Waals surface area contributed by atoms with E-state index >= 15 is 0 Å². The number of nitrogen functional groups attached to an aromatic ring is 3. The van der Waals surface area contributed by atoms with Crippen LogP contribution in [0.15, 0.2) is 152 Å². The molecule has 28 heteroatoms. The lowest BCUT2D eigenvalue weighted by Gasteiger charge is -2.31. The van der Waals surface area contributed by atoms with Crippen LogP contribution < -0.4 is 22.4 Å². The van der Waals surface area contributed by atoms with Crippen LogP contribution in [0.1, 0.15) is 118 Å². The molecule has 16 rings (SSSR count). The number of nitrogens with two attached hydrogens (primary N) is 3. The molecule has 3 aliphatic heterocycles. The van der Waals surface area contributed by atoms with Crippen molar-refractivity contribution in [3.63, 3.8) is 0 Å². The second kappa shape index (κ2) is 27.3. The molecular weight excluding hydrogens is 1300 g/mol. The molecule has 0 radical (unpaired) electrons. The quantitative estimate of drug-likeness (QED) is 0.0469. The van der Waals surface area contributed by atoms with E-state index in [0.29, 0.717) is 68.7 Å². The van der Waals surface area contributed by atoms with Gasteiger partial charge in [-0.15, -0.1) is 0 Å². The molecule has 1 unspecified atom stereocenters. The summed E-state index contributed by atoms with van der Waals surface area (Å²) in [5, 5.41) is 22.1. The Morgan fingerprint density at radius 1 is 0.556 bits per heavy atom. The van der Waals surface area contributed by atoms with E-state index in [1.54, 1.807) is 53.2 Å². The van der Waals surface area contributed by atoms with Crippen molar-refractivity contribution in [2.24, 2.45) is 0 Å². The van der Waals surface area contributed by atoms with E-state index in [9.17, 15) is 26.8 Å². The van der Waals surface area contributed by atoms with E-state index in [2.05, 4.69) is 66.3 Å². The van der Waals surface area contributed by atoms with Gasteiger partial charge >= 0.3 is 0 Å². The first-order valence-corrected chi connectivity index (χ1v) is 36.7. The molecule has 3 aliphatic rings. The number of quaternary nitrogens is 1. The number of nitrogens with one attached hydrogen (secondary N) is 4. The van der Waals surface area contributed by atoms with E-state index in [1.807, 2.05) is 98.2 Å². The summed E-state index contributed by atoms with van der Waals surface area (Å²) < 4.78 is 59.6. The number of amides is 1. The van der Waals surface area contributed by atoms with Crippen LogP contribution in [0.5, 0.6) is 0 Å². The van der Waals surface area contributed by atoms with E-state index in [-0.39, 0.29) is 35.1 Å². The molecule has 13 aromatic rings. The minimum Gasteiger partial charge on any atom is -0.595 e. The number of carbonyl (C=O) groups is 1. The first-order chi connectivity index (χ1) is 47.8. The number of carbonyl (C=O) groups excluding carboxylic acids is 1. The van der Waals surface area contributed by atoms with Crippen LogP contribution in [0, 0.1) is 5.21 Å². The Bertz CT molecular complexity index is 5240. The molecule has 9 aromatic heterocycles. The van der Waals surface area contributed by atoms with E-state index in [4.69, 9.17) is 37.4 Å². The number of unbranched alkanes of at least 4 members (excludes halogenated alkanes) is 1. The molecule has 4 aromatic carbocycles. The standard InChI is InChI=1S/C26H25N7O3.C23H28N6O2S.C22H26N6O2S/c27-24-23-22(21-15-18-3-1-2-4-20(18)29-21)30-25(32(23)14-11-28-24)16-9-12-31(13-10-16)26(34)17-5-7-19(8-6-17)33(35)36;1-2-3-14-32(30,31)28-11-8-16(9-12-28)23-27-20(21-22(24)25-10-13-29(21)23)19-15-17-6-4-5-7-18(17)26-19;1-14(2)31(29,30)27-10-7-15(8-11-27)22-26-19(20-21(23)24-9-12-28(20)22)18-13-16-5-3-4-6-17(16)25-18/h1-8,11,14-16,29,33,35H,9-10,12-13H2,(H2,27,28);4-7,10,13,15-16,26H,2-3,8-9,11-12,14H2,1H3,(H2,24,25);3-6,9,12-15,25H,7-8,10-11H2,1-2H3,(H2,23,24). The number of sulfonamides is 2. The number of anilines is 3. The van der Waals surface area contributed by atoms with Gasteiger partial charge in [-0.25, -0.2) is 60.6 Å². The smallest absolute Gasteiger partial charge is 0.253 e. The third kappa shape index (κ3) is 12.9. The van der Waals surface area contributed by atoms with Gasteiger partial charge in [0.25, 0.3) is 5.91 Å². The first kappa shape index (κ1) is 66.2. The lowest BCUT2D eigenvalue weighted by Crippen LogP contribution is -2.99. The van der Waals surface area contributed by atoms with Crippen LogP contribution in [-0.2, 0) is 20.0 Å². The minimum atomic E-state index is -3.24. The summed E-state index contributed by atoms with van der Waals surface area (Å²) >= 11 is 0. The van der Waals surface area contributed by atoms with Crippen molar-refractivity contribution in [1.82, 2.24) is 71.6 Å². The highest BCUT2D eigenvalue weighted by Gasteiger charge is 2.35. The zero-order valence-corrected chi connectivity index (χ0v) is 56.8. The average molecular weight is 1370 g/mol. The fraction of sp³-hybridized carbons (Fsp3) is 0.310. The highest BCUT2D eigenvalue weighted by molar-refractivity contribution is 7.89. The van der Waals surface area contributed by atoms with Gasteiger partial charge in [0.05, 0.1) is 28.1 Å². The second-order valence-corrected chi connectivity index (χ2v) is 30.5. The summed E-state index contributed by atoms with van der Waals surface area (Å²) in [6.07, 6.45) is 16.7. The first-order valence-electron chi connectivity index (χ1n) is 33.5. The Hall–Kier alpha value is -10.1. The highest BCUT2D eigenvalue weighted by Crippen LogP contribution is 2.40. The van der Waals surface area contributed by atoms with Crippen LogP contribution in [0.2, 0.25) is 0 Å². The predicted octanol–water partition coefficient (Wildman–Crippen LogP) is 10.0. The molecule has 1 atom stereocenters. The third-order valence-electron chi connectivity index (χ3n) is 19.5. The van der Waals surface area contributed by atoms with Gasteiger partial charge < -0.3 is 42.3 Å². The Labute approximate surface area is 571 Å². The largest absolute Gasteiger partial charge is 0.595 e. The van der Waals surface area contributed by atoms with Crippen molar-refractivity contribution >= 4 is 98.4 Å². The van der Waals surface area contributed by atoms with Gasteiger partial charge in [0.1, 0.15) is 68.6 Å². The van der Waals surface area contributed by atoms with Crippen LogP contribution in [0.25, 0.3) is 83.4 Å². The molecule has 11 N–H and O–H groups in total. The monoisotopic (exact) mass is 1370 g/mol. The molecule has 26 nitrogen and oxygen atoms in total. The van der Waals surface area contributed by atoms with Crippen molar-refractivity contribution in [3.8, 4) is 34.2 Å². The number of H-pyrrole nitrogens is 3. The van der Waals surface area contributed by atoms with Gasteiger partial charge in [0, 0.05) is 145 Å². The summed E-state index contributed by atoms with van der Waals surface area (Å²) in [7, 11) is -6.42. The maximum atomic E-state index is 13.0. The molecule has 12 heterocycles. The molecule has 3 saturated heterocycles. The molecule has 1 amide bonds. The molecule has 0 bridgehead atoms. The number of likely N-dealkylation sites (tertiary alicyclic amines) is 1. The van der Waals surface area contributed by atoms with Crippen LogP contribution in [-0.4, -0.2) is 150 Å². The van der Waals surface area contributed by atoms with Crippen molar-refractivity contribution in [2.75, 3.05) is 62.2 Å². The van der Waals surface area contributed by atoms with Gasteiger partial charge in [-0.3, -0.25) is 18.0 Å². The maximum Gasteiger partial charge on any atom is 0.253 e. The summed E-state index contributed by atoms with van der Waals surface area (Å²) in [6.45, 7) is 8.68. The second-order valence-electron chi connectivity index (χ2n) is 25.9. The summed E-state index contributed by atoms with van der Waals surface area (Å²) in [5.74, 6) is 4.58. The molecule has 0 saturated carbocycles. The van der Waals surface area contributed by atoms with E-state index < -0.39 is 30.5 Å². The van der Waals surface area contributed by atoms with Crippen molar-refractivity contribution in [1.29, 1.82) is 0 Å². The Balaban J connectivity index is 0.000000127. The molecule has 3 fully saturated rings. The number of rotatable bonds is 14. The summed E-state index contributed by atoms with van der Waals surface area (Å²) in [5.41, 5.74) is 30.0. The summed E-state index contributed by atoms with van der Waals surface area (Å²) in [4.78, 5) is 53.1. The number of nitrogens with zero attached hydrogens (tertiary/aromatic N) is 12. The topological polar surface area (TPSA) is 359 Å². The highest BCUT2D eigenvalue weighted by atomic mass is 32.2. The molecule has 0 aliphatic carbocycles. The van der Waals surface area contributed by atoms with Crippen molar-refractivity contribution < 1.29 is 32.1 Å². The number of imidazole rings is 3. The molecule has 0 spiro atoms. The minimum absolute atomic E-state index is 0.0921. The number of aromatic amines is 3. The number of benzene rings is 4. The van der Waals surface area contributed by atoms with E-state index in [0.717, 1.165) is 146 Å². The molecular formula is C71H79N19O7S2. The van der Waals surface area contributed by atoms with Crippen LogP contribution in [0.4, 0.5) is 23.1 Å². The zero-order chi connectivity index (χ0) is 68.9. The van der Waals surface area contributed by atoms with Crippen molar-refractivity contribution in [2.45, 2.75) is 95.1 Å². The van der Waals surface area contributed by atoms with Gasteiger partial charge in [0.15, 0.2) is 5.69 Å². The lowest BCUT2D eigenvalue weighted by atomic mass is 9.95. The Morgan fingerprint density at radius 3 is 1.27 bits per heavy atom. The number of para-hydroxylation sites is 3. The number of aromatic nitrogens is 12. The van der Waals surface area contributed by atoms with Crippen LogP contribution in [0.3, 0.4) is 0 Å². The van der Waals surface area contributed by atoms with Gasteiger partial charge in [-0.2, -0.15) is 5.23 Å². The fourth-order valence-corrected chi connectivity index (χ4v) is 17.1. The molecule has 512 valence electrons. The number of fused-ring (bicyclic) bond motifs is 6.